The van der Waals surface area contributed by atoms with Gasteiger partial charge in [-0.15, -0.1) is 0 Å². The van der Waals surface area contributed by atoms with Gasteiger partial charge in [-0.3, -0.25) is 14.5 Å². The van der Waals surface area contributed by atoms with Crippen LogP contribution in [0.1, 0.15) is 72.0 Å². The minimum atomic E-state index is -0.872. The fourth-order valence-electron chi connectivity index (χ4n) is 4.77. The fraction of sp³-hybridized carbons (Fsp3) is 0.333. The van der Waals surface area contributed by atoms with E-state index >= 15 is 0 Å². The molecule has 0 atom stereocenters. The van der Waals surface area contributed by atoms with Crippen molar-refractivity contribution in [1.29, 1.82) is 0 Å². The molecule has 0 aliphatic carbocycles. The number of hydrogen-bond acceptors (Lipinski definition) is 10. The average Bonchev–Trinajstić information content (AvgIpc) is 3.44. The van der Waals surface area contributed by atoms with Gasteiger partial charge in [-0.25, -0.2) is 14.6 Å². The van der Waals surface area contributed by atoms with Gasteiger partial charge in [0.25, 0.3) is 5.91 Å². The van der Waals surface area contributed by atoms with Crippen molar-refractivity contribution in [3.63, 3.8) is 0 Å². The van der Waals surface area contributed by atoms with E-state index in [0.717, 1.165) is 36.9 Å². The number of nitrogens with two attached hydrogens (primary N) is 1. The molecule has 13 heteroatoms. The van der Waals surface area contributed by atoms with Gasteiger partial charge in [-0.05, 0) is 73.9 Å². The smallest absolute Gasteiger partial charge is 0.457 e. The first-order valence-electron chi connectivity index (χ1n) is 16.2. The molecule has 0 saturated heterocycles. The van der Waals surface area contributed by atoms with Crippen LogP contribution in [0.3, 0.4) is 0 Å². The number of carbonyl (C=O) groups is 3. The number of aromatic nitrogens is 1. The molecule has 0 fully saturated rings. The highest BCUT2D eigenvalue weighted by Gasteiger charge is 2.21. The Bertz CT molecular complexity index is 1770. The molecule has 2 aromatic carbocycles. The largest absolute Gasteiger partial charge is 0.519 e. The van der Waals surface area contributed by atoms with Gasteiger partial charge in [0.1, 0.15) is 11.7 Å². The van der Waals surface area contributed by atoms with Crippen molar-refractivity contribution in [1.82, 2.24) is 4.98 Å². The predicted molar refractivity (Wildman–Crippen MR) is 184 cm³/mol. The summed E-state index contributed by atoms with van der Waals surface area (Å²) in [6.45, 7) is 4.31. The summed E-state index contributed by atoms with van der Waals surface area (Å²) >= 11 is 0. The third-order valence-electron chi connectivity index (χ3n) is 7.44. The van der Waals surface area contributed by atoms with Crippen LogP contribution in [-0.4, -0.2) is 48.5 Å². The molecule has 0 spiro atoms. The van der Waals surface area contributed by atoms with E-state index in [9.17, 15) is 19.2 Å². The van der Waals surface area contributed by atoms with Gasteiger partial charge in [0.15, 0.2) is 18.1 Å². The molecule has 258 valence electrons. The summed E-state index contributed by atoms with van der Waals surface area (Å²) < 4.78 is 20.0. The van der Waals surface area contributed by atoms with Crippen LogP contribution in [0.2, 0.25) is 0 Å². The molecule has 4 rings (SSSR count). The van der Waals surface area contributed by atoms with Gasteiger partial charge < -0.3 is 29.4 Å². The van der Waals surface area contributed by atoms with Crippen LogP contribution in [0.15, 0.2) is 91.5 Å². The lowest BCUT2D eigenvalue weighted by Crippen LogP contribution is -2.34. The number of ether oxygens (including phenoxy) is 2. The Morgan fingerprint density at radius 3 is 2.49 bits per heavy atom. The first-order chi connectivity index (χ1) is 23.7. The number of esters is 1. The third-order valence-corrected chi connectivity index (χ3v) is 7.44. The molecule has 4 aromatic rings. The highest BCUT2D eigenvalue weighted by atomic mass is 16.6. The summed E-state index contributed by atoms with van der Waals surface area (Å²) in [6, 6.07) is 19.7. The number of pyridine rings is 1. The monoisotopic (exact) mass is 671 g/mol. The van der Waals surface area contributed by atoms with E-state index in [4.69, 9.17) is 24.0 Å². The Balaban J connectivity index is 1.30. The molecule has 2 amide bonds. The number of nitrogens with one attached hydrogen (secondary N) is 1. The molecule has 3 N–H and O–H groups in total. The Hall–Kier alpha value is -5.72. The predicted octanol–water partition coefficient (Wildman–Crippen LogP) is 5.79. The number of hydrogen-bond donors (Lipinski definition) is 2. The normalized spacial score (nSPS) is 11.2. The Kier molecular flexibility index (Phi) is 13.7. The fourth-order valence-corrected chi connectivity index (χ4v) is 4.77. The molecule has 0 radical (unpaired) electrons. The SMILES string of the molecule is CCCCCCOC(=O)/N=C(\N)c1ccc(NCCc2cccc(C(=O)N(CCC(=O)OCc3oc(=O)oc3C)c3ccccn3)c2)cc1. The first kappa shape index (κ1) is 36.1. The standard InChI is InChI=1S/C36H41N5O8/c1-3-4-5-8-22-46-35(44)40-33(37)27-13-15-29(16-14-27)38-20-17-26-10-9-11-28(23-26)34(43)41(31-12-6-7-19-39-31)21-18-32(42)47-24-30-25(2)48-36(45)49-30/h6-7,9-16,19,23,38H,3-5,8,17-18,20-22,24H2,1-2H3,(H2,37,40,44). The highest BCUT2D eigenvalue weighted by molar-refractivity contribution is 6.06. The van der Waals surface area contributed by atoms with Crippen molar-refractivity contribution in [2.24, 2.45) is 10.7 Å². The quantitative estimate of drug-likeness (QED) is 0.0600. The van der Waals surface area contributed by atoms with Crippen LogP contribution in [0, 0.1) is 6.92 Å². The molecule has 13 nitrogen and oxygen atoms in total. The molecule has 0 unspecified atom stereocenters. The number of amides is 2. The zero-order valence-corrected chi connectivity index (χ0v) is 27.7. The number of benzene rings is 2. The number of unbranched alkanes of at least 4 members (excludes halogenated alkanes) is 3. The zero-order chi connectivity index (χ0) is 35.0. The van der Waals surface area contributed by atoms with Crippen LogP contribution in [0.5, 0.6) is 0 Å². The van der Waals surface area contributed by atoms with Crippen molar-refractivity contribution in [2.45, 2.75) is 59.0 Å². The van der Waals surface area contributed by atoms with Crippen LogP contribution >= 0.6 is 0 Å². The molecule has 0 aliphatic heterocycles. The molecule has 0 saturated carbocycles. The van der Waals surface area contributed by atoms with E-state index in [1.165, 1.54) is 11.8 Å². The zero-order valence-electron chi connectivity index (χ0n) is 27.7. The summed E-state index contributed by atoms with van der Waals surface area (Å²) in [4.78, 5) is 58.9. The van der Waals surface area contributed by atoms with Crippen LogP contribution in [0.4, 0.5) is 16.3 Å². The van der Waals surface area contributed by atoms with Crippen molar-refractivity contribution in [3.05, 3.63) is 112 Å². The van der Waals surface area contributed by atoms with Gasteiger partial charge >= 0.3 is 17.9 Å². The molecule has 49 heavy (non-hydrogen) atoms. The van der Waals surface area contributed by atoms with E-state index in [-0.39, 0.29) is 42.8 Å². The lowest BCUT2D eigenvalue weighted by Gasteiger charge is -2.22. The van der Waals surface area contributed by atoms with Crippen molar-refractivity contribution >= 4 is 35.3 Å². The van der Waals surface area contributed by atoms with Crippen molar-refractivity contribution in [2.75, 3.05) is 29.9 Å². The third kappa shape index (κ3) is 11.5. The minimum absolute atomic E-state index is 0.0141. The number of rotatable bonds is 17. The van der Waals surface area contributed by atoms with E-state index < -0.39 is 17.9 Å². The molecule has 0 aliphatic rings. The molecular formula is C36H41N5O8. The molecule has 0 bridgehead atoms. The number of amidine groups is 1. The van der Waals surface area contributed by atoms with E-state index in [1.54, 1.807) is 42.6 Å². The number of aliphatic imine (C=N–C) groups is 1. The lowest BCUT2D eigenvalue weighted by atomic mass is 10.1. The first-order valence-corrected chi connectivity index (χ1v) is 16.2. The number of nitrogens with zero attached hydrogens (tertiary/aromatic N) is 3. The summed E-state index contributed by atoms with van der Waals surface area (Å²) in [5.74, 6) is -0.955. The maximum atomic E-state index is 13.7. The average molecular weight is 672 g/mol. The summed E-state index contributed by atoms with van der Waals surface area (Å²) in [5, 5.41) is 3.34. The van der Waals surface area contributed by atoms with Gasteiger partial charge in [0.05, 0.1) is 13.0 Å². The van der Waals surface area contributed by atoms with E-state index in [1.807, 2.05) is 30.3 Å². The van der Waals surface area contributed by atoms with Gasteiger partial charge in [0.2, 0.25) is 0 Å². The maximum Gasteiger partial charge on any atom is 0.519 e. The summed E-state index contributed by atoms with van der Waals surface area (Å²) in [6.07, 6.45) is 5.38. The topological polar surface area (TPSA) is 180 Å². The van der Waals surface area contributed by atoms with Crippen molar-refractivity contribution < 1.29 is 32.7 Å². The number of aryl methyl sites for hydroxylation is 1. The molecular weight excluding hydrogens is 630 g/mol. The second-order valence-corrected chi connectivity index (χ2v) is 11.1. The molecule has 2 heterocycles. The van der Waals surface area contributed by atoms with Crippen molar-refractivity contribution in [3.8, 4) is 0 Å². The Morgan fingerprint density at radius 2 is 1.78 bits per heavy atom. The maximum absolute atomic E-state index is 13.7. The van der Waals surface area contributed by atoms with Gasteiger partial charge in [-0.1, -0.05) is 44.4 Å². The highest BCUT2D eigenvalue weighted by Crippen LogP contribution is 2.18. The van der Waals surface area contributed by atoms with Gasteiger partial charge in [0, 0.05) is 36.1 Å². The summed E-state index contributed by atoms with van der Waals surface area (Å²) in [5.41, 5.74) is 8.82. The van der Waals surface area contributed by atoms with Crippen LogP contribution in [0.25, 0.3) is 0 Å². The second-order valence-electron chi connectivity index (χ2n) is 11.1. The van der Waals surface area contributed by atoms with Gasteiger partial charge in [-0.2, -0.15) is 4.99 Å². The second kappa shape index (κ2) is 18.6. The van der Waals surface area contributed by atoms with E-state index in [2.05, 4.69) is 22.2 Å². The number of anilines is 2. The molecule has 2 aromatic heterocycles. The Labute approximate surface area is 284 Å². The summed E-state index contributed by atoms with van der Waals surface area (Å²) in [7, 11) is 0. The van der Waals surface area contributed by atoms with E-state index in [0.29, 0.717) is 36.5 Å². The van der Waals surface area contributed by atoms with Crippen LogP contribution in [-0.2, 0) is 27.3 Å². The Morgan fingerprint density at radius 1 is 0.959 bits per heavy atom. The lowest BCUT2D eigenvalue weighted by molar-refractivity contribution is -0.145. The minimum Gasteiger partial charge on any atom is -0.457 e. The van der Waals surface area contributed by atoms with Crippen LogP contribution < -0.4 is 21.8 Å². The number of carbonyl (C=O) groups excluding carboxylic acids is 3.